The van der Waals surface area contributed by atoms with E-state index in [1.54, 1.807) is 17.2 Å². The van der Waals surface area contributed by atoms with Gasteiger partial charge in [0.2, 0.25) is 0 Å². The molecule has 1 amide bonds. The van der Waals surface area contributed by atoms with Crippen LogP contribution in [0.4, 0.5) is 0 Å². The first-order chi connectivity index (χ1) is 12.5. The molecular weight excluding hydrogens is 334 g/mol. The number of rotatable bonds is 3. The number of nitrogens with zero attached hydrogens (tertiary/aromatic N) is 3. The quantitative estimate of drug-likeness (QED) is 0.868. The van der Waals surface area contributed by atoms with Gasteiger partial charge in [-0.15, -0.1) is 0 Å². The van der Waals surface area contributed by atoms with Crippen molar-refractivity contribution in [1.29, 1.82) is 0 Å². The summed E-state index contributed by atoms with van der Waals surface area (Å²) in [5.74, 6) is -0.975. The van der Waals surface area contributed by atoms with Crippen LogP contribution >= 0.6 is 0 Å². The molecule has 3 aliphatic rings. The molecule has 0 saturated carbocycles. The lowest BCUT2D eigenvalue weighted by atomic mass is 9.81. The Kier molecular flexibility index (Phi) is 4.44. The summed E-state index contributed by atoms with van der Waals surface area (Å²) in [6, 6.07) is 4.06. The van der Waals surface area contributed by atoms with Gasteiger partial charge in [0.1, 0.15) is 11.1 Å². The minimum atomic E-state index is -0.864. The molecule has 2 atom stereocenters. The fourth-order valence-corrected chi connectivity index (χ4v) is 4.75. The third-order valence-electron chi connectivity index (χ3n) is 6.27. The van der Waals surface area contributed by atoms with E-state index in [1.165, 1.54) is 0 Å². The number of carbonyl (C=O) groups excluding carboxylic acids is 1. The molecule has 0 bridgehead atoms. The third kappa shape index (κ3) is 2.79. The van der Waals surface area contributed by atoms with Crippen molar-refractivity contribution in [2.45, 2.75) is 25.8 Å². The monoisotopic (exact) mass is 359 g/mol. The summed E-state index contributed by atoms with van der Waals surface area (Å²) in [5.41, 5.74) is 0.383. The Morgan fingerprint density at radius 1 is 1.27 bits per heavy atom. The van der Waals surface area contributed by atoms with Crippen molar-refractivity contribution >= 4 is 11.9 Å². The Hall–Kier alpha value is -1.99. The van der Waals surface area contributed by atoms with E-state index in [0.717, 1.165) is 38.2 Å². The molecule has 1 N–H and O–H groups in total. The van der Waals surface area contributed by atoms with Gasteiger partial charge in [0.25, 0.3) is 5.91 Å². The molecule has 4 rings (SSSR count). The number of amides is 1. The molecule has 0 radical (unpaired) electrons. The van der Waals surface area contributed by atoms with Crippen molar-refractivity contribution in [2.75, 3.05) is 39.4 Å². The average molecular weight is 359 g/mol. The summed E-state index contributed by atoms with van der Waals surface area (Å²) in [6.07, 6.45) is 3.52. The summed E-state index contributed by atoms with van der Waals surface area (Å²) in [5, 5.41) is 10.0. The van der Waals surface area contributed by atoms with Gasteiger partial charge < -0.3 is 14.7 Å². The molecule has 7 heteroatoms. The Balaban J connectivity index is 1.53. The zero-order valence-corrected chi connectivity index (χ0v) is 15.1. The summed E-state index contributed by atoms with van der Waals surface area (Å²) in [4.78, 5) is 33.3. The van der Waals surface area contributed by atoms with Crippen molar-refractivity contribution in [2.24, 2.45) is 11.3 Å². The van der Waals surface area contributed by atoms with Gasteiger partial charge >= 0.3 is 5.97 Å². The molecule has 0 aliphatic carbocycles. The first-order valence-corrected chi connectivity index (χ1v) is 9.27. The van der Waals surface area contributed by atoms with Gasteiger partial charge in [-0.2, -0.15) is 0 Å². The van der Waals surface area contributed by atoms with Crippen LogP contribution in [0.3, 0.4) is 0 Å². The van der Waals surface area contributed by atoms with Crippen LogP contribution in [0.2, 0.25) is 0 Å². The second kappa shape index (κ2) is 6.63. The fraction of sp³-hybridized carbons (Fsp3) is 0.632. The zero-order valence-electron chi connectivity index (χ0n) is 15.1. The molecule has 3 fully saturated rings. The fourth-order valence-electron chi connectivity index (χ4n) is 4.75. The van der Waals surface area contributed by atoms with Crippen molar-refractivity contribution in [1.82, 2.24) is 14.8 Å². The number of likely N-dealkylation sites (tertiary alicyclic amines) is 2. The highest BCUT2D eigenvalue weighted by atomic mass is 16.5. The number of aliphatic carboxylic acids is 1. The lowest BCUT2D eigenvalue weighted by Gasteiger charge is -2.33. The number of carbonyl (C=O) groups is 2. The molecule has 0 unspecified atom stereocenters. The number of aromatic nitrogens is 1. The first kappa shape index (κ1) is 17.4. The summed E-state index contributed by atoms with van der Waals surface area (Å²) in [6.45, 7) is 5.36. The van der Waals surface area contributed by atoms with E-state index < -0.39 is 11.4 Å². The van der Waals surface area contributed by atoms with Gasteiger partial charge in [0.05, 0.1) is 0 Å². The van der Waals surface area contributed by atoms with Gasteiger partial charge in [-0.1, -0.05) is 6.07 Å². The maximum Gasteiger partial charge on any atom is 0.313 e. The predicted octanol–water partition coefficient (Wildman–Crippen LogP) is 1.03. The second-order valence-electron chi connectivity index (χ2n) is 7.79. The van der Waals surface area contributed by atoms with Gasteiger partial charge in [0, 0.05) is 57.5 Å². The van der Waals surface area contributed by atoms with Crippen LogP contribution < -0.4 is 0 Å². The van der Waals surface area contributed by atoms with Gasteiger partial charge in [-0.3, -0.25) is 19.5 Å². The molecule has 1 aromatic heterocycles. The Morgan fingerprint density at radius 3 is 2.69 bits per heavy atom. The molecule has 7 nitrogen and oxygen atoms in total. The van der Waals surface area contributed by atoms with Gasteiger partial charge in [0.15, 0.2) is 0 Å². The standard InChI is InChI=1S/C19H25N3O4/c1-13-3-2-6-20-16(13)17(23)22-10-14-9-21(15-4-7-26-8-5-15)11-19(14,12-22)18(24)25/h2-3,6,14-15H,4-5,7-12H2,1H3,(H,24,25)/t14-,19-/m1/s1. The Bertz CT molecular complexity index is 718. The molecular formula is C19H25N3O4. The molecule has 140 valence electrons. The molecule has 26 heavy (non-hydrogen) atoms. The Morgan fingerprint density at radius 2 is 2.04 bits per heavy atom. The van der Waals surface area contributed by atoms with Crippen LogP contribution in [0.25, 0.3) is 0 Å². The van der Waals surface area contributed by atoms with E-state index in [4.69, 9.17) is 4.74 Å². The number of carboxylic acids is 1. The largest absolute Gasteiger partial charge is 0.481 e. The average Bonchev–Trinajstić information content (AvgIpc) is 3.18. The number of fused-ring (bicyclic) bond motifs is 1. The molecule has 0 aromatic carbocycles. The van der Waals surface area contributed by atoms with E-state index in [0.29, 0.717) is 24.8 Å². The SMILES string of the molecule is Cc1cccnc1C(=O)N1C[C@H]2CN(C3CCOCC3)C[C@@]2(C(=O)O)C1. The van der Waals surface area contributed by atoms with Crippen LogP contribution in [0.15, 0.2) is 18.3 Å². The third-order valence-corrected chi connectivity index (χ3v) is 6.27. The van der Waals surface area contributed by atoms with Crippen LogP contribution in [0, 0.1) is 18.3 Å². The summed E-state index contributed by atoms with van der Waals surface area (Å²) < 4.78 is 5.43. The van der Waals surface area contributed by atoms with Crippen LogP contribution in [-0.4, -0.2) is 77.2 Å². The first-order valence-electron chi connectivity index (χ1n) is 9.27. The van der Waals surface area contributed by atoms with E-state index in [1.807, 2.05) is 13.0 Å². The molecule has 3 saturated heterocycles. The van der Waals surface area contributed by atoms with Crippen LogP contribution in [0.5, 0.6) is 0 Å². The Labute approximate surface area is 152 Å². The summed E-state index contributed by atoms with van der Waals surface area (Å²) in [7, 11) is 0. The van der Waals surface area contributed by atoms with E-state index >= 15 is 0 Å². The highest BCUT2D eigenvalue weighted by Crippen LogP contribution is 2.44. The van der Waals surface area contributed by atoms with Crippen LogP contribution in [-0.2, 0) is 9.53 Å². The van der Waals surface area contributed by atoms with E-state index in [9.17, 15) is 14.7 Å². The zero-order chi connectivity index (χ0) is 18.3. The number of pyridine rings is 1. The second-order valence-corrected chi connectivity index (χ2v) is 7.79. The molecule has 4 heterocycles. The van der Waals surface area contributed by atoms with Crippen molar-refractivity contribution in [3.8, 4) is 0 Å². The molecule has 0 spiro atoms. The van der Waals surface area contributed by atoms with E-state index in [-0.39, 0.29) is 18.4 Å². The maximum atomic E-state index is 12.9. The highest BCUT2D eigenvalue weighted by Gasteiger charge is 2.59. The predicted molar refractivity (Wildman–Crippen MR) is 93.9 cm³/mol. The normalized spacial score (nSPS) is 29.7. The van der Waals surface area contributed by atoms with Gasteiger partial charge in [-0.25, -0.2) is 0 Å². The number of hydrogen-bond acceptors (Lipinski definition) is 5. The lowest BCUT2D eigenvalue weighted by Crippen LogP contribution is -2.45. The lowest BCUT2D eigenvalue weighted by molar-refractivity contribution is -0.148. The summed E-state index contributed by atoms with van der Waals surface area (Å²) >= 11 is 0. The molecule has 3 aliphatic heterocycles. The number of aryl methyl sites for hydroxylation is 1. The number of carboxylic acid groups (broad SMARTS) is 1. The van der Waals surface area contributed by atoms with Crippen molar-refractivity contribution in [3.05, 3.63) is 29.6 Å². The van der Waals surface area contributed by atoms with Gasteiger partial charge in [-0.05, 0) is 31.4 Å². The van der Waals surface area contributed by atoms with E-state index in [2.05, 4.69) is 9.88 Å². The minimum absolute atomic E-state index is 0.0317. The highest BCUT2D eigenvalue weighted by molar-refractivity contribution is 5.94. The minimum Gasteiger partial charge on any atom is -0.481 e. The van der Waals surface area contributed by atoms with Crippen LogP contribution in [0.1, 0.15) is 28.9 Å². The van der Waals surface area contributed by atoms with Crippen molar-refractivity contribution < 1.29 is 19.4 Å². The topological polar surface area (TPSA) is 83.0 Å². The maximum absolute atomic E-state index is 12.9. The number of ether oxygens (including phenoxy) is 1. The molecule has 1 aromatic rings. The smallest absolute Gasteiger partial charge is 0.313 e. The van der Waals surface area contributed by atoms with Crippen molar-refractivity contribution in [3.63, 3.8) is 0 Å². The number of hydrogen-bond donors (Lipinski definition) is 1.